The molecule has 0 aromatic heterocycles. The number of nitrogens with one attached hydrogen (secondary N) is 4. The van der Waals surface area contributed by atoms with E-state index in [0.29, 0.717) is 36.8 Å². The molecule has 8 nitrogen and oxygen atoms in total. The molecule has 31 heavy (non-hydrogen) atoms. The van der Waals surface area contributed by atoms with Crippen molar-refractivity contribution >= 4 is 29.1 Å². The van der Waals surface area contributed by atoms with Gasteiger partial charge in [-0.2, -0.15) is 4.99 Å². The van der Waals surface area contributed by atoms with Gasteiger partial charge in [0.2, 0.25) is 0 Å². The lowest BCUT2D eigenvalue weighted by atomic mass is 9.88. The minimum Gasteiger partial charge on any atom is -0.380 e. The number of guanidine groups is 1. The molecule has 0 saturated carbocycles. The second kappa shape index (κ2) is 9.18. The Morgan fingerprint density at radius 1 is 1.03 bits per heavy atom. The molecule has 2 saturated heterocycles. The van der Waals surface area contributed by atoms with Crippen LogP contribution >= 0.6 is 0 Å². The van der Waals surface area contributed by atoms with Gasteiger partial charge < -0.3 is 26.0 Å². The Bertz CT molecular complexity index is 975. The average molecular weight is 422 g/mol. The van der Waals surface area contributed by atoms with Gasteiger partial charge in [0, 0.05) is 47.6 Å². The van der Waals surface area contributed by atoms with E-state index in [1.807, 2.05) is 24.3 Å². The second-order valence-corrected chi connectivity index (χ2v) is 8.24. The van der Waals surface area contributed by atoms with Gasteiger partial charge in [-0.3, -0.25) is 9.59 Å². The van der Waals surface area contributed by atoms with E-state index >= 15 is 0 Å². The molecule has 2 aromatic rings. The fourth-order valence-corrected chi connectivity index (χ4v) is 3.36. The zero-order valence-electron chi connectivity index (χ0n) is 17.5. The van der Waals surface area contributed by atoms with E-state index in [9.17, 15) is 9.59 Å². The fraction of sp³-hybridized carbons (Fsp3) is 0.348. The molecular formula is C23H27N5O3. The summed E-state index contributed by atoms with van der Waals surface area (Å²) >= 11 is 0. The molecule has 0 bridgehead atoms. The number of hydrogen-bond acceptors (Lipinski definition) is 4. The summed E-state index contributed by atoms with van der Waals surface area (Å²) < 4.78 is 5.23. The predicted molar refractivity (Wildman–Crippen MR) is 120 cm³/mol. The zero-order valence-corrected chi connectivity index (χ0v) is 17.5. The molecule has 0 atom stereocenters. The van der Waals surface area contributed by atoms with Crippen LogP contribution in [0.4, 0.5) is 11.4 Å². The summed E-state index contributed by atoms with van der Waals surface area (Å²) in [5, 5.41) is 12.4. The quantitative estimate of drug-likeness (QED) is 0.571. The molecule has 4 N–H and O–H groups in total. The minimum atomic E-state index is -0.298. The van der Waals surface area contributed by atoms with Gasteiger partial charge in [-0.25, -0.2) is 0 Å². The van der Waals surface area contributed by atoms with Crippen LogP contribution in [0.25, 0.3) is 0 Å². The van der Waals surface area contributed by atoms with Gasteiger partial charge >= 0.3 is 0 Å². The van der Waals surface area contributed by atoms with E-state index in [1.165, 1.54) is 0 Å². The summed E-state index contributed by atoms with van der Waals surface area (Å²) in [6, 6.07) is 14.4. The first-order valence-electron chi connectivity index (χ1n) is 10.4. The van der Waals surface area contributed by atoms with Crippen molar-refractivity contribution in [1.82, 2.24) is 16.0 Å². The molecule has 2 aromatic carbocycles. The number of anilines is 2. The van der Waals surface area contributed by atoms with Gasteiger partial charge in [0.25, 0.3) is 11.8 Å². The number of carbonyl (C=O) groups is 2. The third-order valence-corrected chi connectivity index (χ3v) is 5.27. The van der Waals surface area contributed by atoms with Crippen LogP contribution in [0.3, 0.4) is 0 Å². The molecule has 0 radical (unpaired) electrons. The molecule has 2 aliphatic heterocycles. The summed E-state index contributed by atoms with van der Waals surface area (Å²) in [7, 11) is 0. The topological polar surface area (TPSA) is 104 Å². The molecule has 2 aliphatic rings. The Morgan fingerprint density at radius 3 is 2.45 bits per heavy atom. The van der Waals surface area contributed by atoms with Gasteiger partial charge in [0.15, 0.2) is 5.96 Å². The first kappa shape index (κ1) is 20.9. The van der Waals surface area contributed by atoms with Crippen molar-refractivity contribution in [2.24, 2.45) is 10.4 Å². The number of aliphatic imine (C=N–C) groups is 1. The summed E-state index contributed by atoms with van der Waals surface area (Å²) in [4.78, 5) is 28.9. The van der Waals surface area contributed by atoms with Crippen LogP contribution < -0.4 is 21.3 Å². The summed E-state index contributed by atoms with van der Waals surface area (Å²) in [6.45, 7) is 5.66. The SMILES string of the molecule is CC1(CNC(=O)c2cccc(Nc3ccc(C(=O)N=C4NCCCN4)cc3)c2)COC1. The average Bonchev–Trinajstić information content (AvgIpc) is 2.77. The van der Waals surface area contributed by atoms with Crippen LogP contribution in [0.15, 0.2) is 53.5 Å². The fourth-order valence-electron chi connectivity index (χ4n) is 3.36. The highest BCUT2D eigenvalue weighted by atomic mass is 16.5. The van der Waals surface area contributed by atoms with E-state index in [4.69, 9.17) is 4.74 Å². The molecule has 8 heteroatoms. The lowest BCUT2D eigenvalue weighted by Gasteiger charge is -2.38. The first-order valence-corrected chi connectivity index (χ1v) is 10.4. The van der Waals surface area contributed by atoms with E-state index in [2.05, 4.69) is 33.2 Å². The van der Waals surface area contributed by atoms with Gasteiger partial charge in [-0.05, 0) is 48.9 Å². The third-order valence-electron chi connectivity index (χ3n) is 5.27. The maximum Gasteiger partial charge on any atom is 0.280 e. The van der Waals surface area contributed by atoms with E-state index in [1.54, 1.807) is 24.3 Å². The smallest absolute Gasteiger partial charge is 0.280 e. The predicted octanol–water partition coefficient (Wildman–Crippen LogP) is 2.28. The van der Waals surface area contributed by atoms with Crippen molar-refractivity contribution in [3.63, 3.8) is 0 Å². The highest BCUT2D eigenvalue weighted by molar-refractivity contribution is 6.03. The largest absolute Gasteiger partial charge is 0.380 e. The molecule has 0 spiro atoms. The lowest BCUT2D eigenvalue weighted by Crippen LogP contribution is -2.48. The molecule has 162 valence electrons. The monoisotopic (exact) mass is 421 g/mol. The van der Waals surface area contributed by atoms with Gasteiger partial charge in [0.05, 0.1) is 13.2 Å². The summed E-state index contributed by atoms with van der Waals surface area (Å²) in [5.74, 6) is 0.113. The number of rotatable bonds is 6. The van der Waals surface area contributed by atoms with Crippen molar-refractivity contribution in [2.45, 2.75) is 13.3 Å². The third kappa shape index (κ3) is 5.40. The minimum absolute atomic E-state index is 0.0264. The maximum atomic E-state index is 12.5. The highest BCUT2D eigenvalue weighted by Gasteiger charge is 2.33. The van der Waals surface area contributed by atoms with Crippen LogP contribution in [-0.4, -0.2) is 50.6 Å². The Kier molecular flexibility index (Phi) is 6.18. The number of ether oxygens (including phenoxy) is 1. The van der Waals surface area contributed by atoms with E-state index in [-0.39, 0.29) is 17.2 Å². The van der Waals surface area contributed by atoms with Gasteiger partial charge in [-0.1, -0.05) is 13.0 Å². The van der Waals surface area contributed by atoms with Crippen LogP contribution in [0, 0.1) is 5.41 Å². The summed E-state index contributed by atoms with van der Waals surface area (Å²) in [6.07, 6.45) is 1.00. The number of amides is 2. The van der Waals surface area contributed by atoms with Crippen molar-refractivity contribution in [1.29, 1.82) is 0 Å². The maximum absolute atomic E-state index is 12.5. The second-order valence-electron chi connectivity index (χ2n) is 8.24. The Balaban J connectivity index is 1.36. The molecule has 0 aliphatic carbocycles. The van der Waals surface area contributed by atoms with E-state index in [0.717, 1.165) is 30.9 Å². The van der Waals surface area contributed by atoms with Gasteiger partial charge in [0.1, 0.15) is 0 Å². The number of carbonyl (C=O) groups excluding carboxylic acids is 2. The Hall–Kier alpha value is -3.39. The van der Waals surface area contributed by atoms with Gasteiger partial charge in [-0.15, -0.1) is 0 Å². The molecule has 2 fully saturated rings. The van der Waals surface area contributed by atoms with Crippen molar-refractivity contribution < 1.29 is 14.3 Å². The standard InChI is InChI=1S/C23H27N5O3/c1-23(14-31-15-23)13-26-20(29)17-4-2-5-19(12-17)27-18-8-6-16(7-9-18)21(30)28-22-24-10-3-11-25-22/h2,4-9,12,27H,3,10-11,13-15H2,1H3,(H,26,29)(H2,24,25,28,30). The molecular weight excluding hydrogens is 394 g/mol. The molecule has 0 unspecified atom stereocenters. The normalized spacial score (nSPS) is 16.9. The number of nitrogens with zero attached hydrogens (tertiary/aromatic N) is 1. The van der Waals surface area contributed by atoms with Crippen molar-refractivity contribution in [3.05, 3.63) is 59.7 Å². The van der Waals surface area contributed by atoms with Crippen LogP contribution in [0.1, 0.15) is 34.1 Å². The van der Waals surface area contributed by atoms with Crippen LogP contribution in [-0.2, 0) is 4.74 Å². The Labute approximate surface area is 181 Å². The highest BCUT2D eigenvalue weighted by Crippen LogP contribution is 2.25. The van der Waals surface area contributed by atoms with Crippen LogP contribution in [0.5, 0.6) is 0 Å². The number of benzene rings is 2. The van der Waals surface area contributed by atoms with Crippen LogP contribution in [0.2, 0.25) is 0 Å². The first-order chi connectivity index (χ1) is 15.0. The zero-order chi connectivity index (χ0) is 21.7. The molecule has 4 rings (SSSR count). The lowest BCUT2D eigenvalue weighted by molar-refractivity contribution is -0.0978. The van der Waals surface area contributed by atoms with Crippen molar-refractivity contribution in [2.75, 3.05) is 38.2 Å². The van der Waals surface area contributed by atoms with Crippen molar-refractivity contribution in [3.8, 4) is 0 Å². The number of hydrogen-bond donors (Lipinski definition) is 4. The molecule has 2 amide bonds. The van der Waals surface area contributed by atoms with E-state index < -0.39 is 0 Å². The molecule has 2 heterocycles. The summed E-state index contributed by atoms with van der Waals surface area (Å²) in [5.41, 5.74) is 2.73. The Morgan fingerprint density at radius 2 is 1.77 bits per heavy atom.